The van der Waals surface area contributed by atoms with Gasteiger partial charge in [0.05, 0.1) is 4.90 Å². The normalized spacial score (nSPS) is 10.7. The van der Waals surface area contributed by atoms with Crippen LogP contribution in [-0.4, -0.2) is 18.4 Å². The minimum absolute atomic E-state index is 0. The van der Waals surface area contributed by atoms with E-state index >= 15 is 0 Å². The first-order valence-electron chi connectivity index (χ1n) is 5.35. The number of hydrogen-bond acceptors (Lipinski definition) is 6. The number of nitrogens with zero attached hydrogens (tertiary/aromatic N) is 2. The predicted molar refractivity (Wildman–Crippen MR) is 79.5 cm³/mol. The maximum atomic E-state index is 11.3. The minimum Gasteiger partial charge on any atom is -0.368 e. The molecule has 7 nitrogen and oxygen atoms in total. The lowest BCUT2D eigenvalue weighted by molar-refractivity contribution is 0.598. The fourth-order valence-corrected chi connectivity index (χ4v) is 2.11. The molecule has 0 spiro atoms. The molecule has 2 aromatic rings. The molecule has 5 N–H and O–H groups in total. The van der Waals surface area contributed by atoms with Gasteiger partial charge in [0.1, 0.15) is 5.82 Å². The third kappa shape index (κ3) is 4.05. The largest absolute Gasteiger partial charge is 0.368 e. The van der Waals surface area contributed by atoms with Crippen LogP contribution in [0.2, 0.25) is 0 Å². The van der Waals surface area contributed by atoms with Crippen LogP contribution >= 0.6 is 12.4 Å². The van der Waals surface area contributed by atoms with Crippen molar-refractivity contribution < 1.29 is 8.42 Å². The molecule has 108 valence electrons. The number of nitrogens with two attached hydrogens (primary N) is 2. The van der Waals surface area contributed by atoms with E-state index in [0.717, 1.165) is 0 Å². The van der Waals surface area contributed by atoms with E-state index < -0.39 is 10.0 Å². The van der Waals surface area contributed by atoms with Gasteiger partial charge in [0.25, 0.3) is 0 Å². The Balaban J connectivity index is 0.00000200. The molecule has 0 aliphatic rings. The first-order chi connectivity index (χ1) is 8.84. The summed E-state index contributed by atoms with van der Waals surface area (Å²) in [4.78, 5) is 7.96. The van der Waals surface area contributed by atoms with E-state index in [1.807, 2.05) is 0 Å². The number of nitrogens with one attached hydrogen (secondary N) is 1. The molecular formula is C11H14ClN5O2S. The highest BCUT2D eigenvalue weighted by molar-refractivity contribution is 7.89. The molecule has 0 unspecified atom stereocenters. The molecule has 0 aliphatic heterocycles. The Bertz CT molecular complexity index is 700. The van der Waals surface area contributed by atoms with Gasteiger partial charge in [0.15, 0.2) is 0 Å². The molecule has 20 heavy (non-hydrogen) atoms. The van der Waals surface area contributed by atoms with Crippen LogP contribution < -0.4 is 16.2 Å². The zero-order chi connectivity index (χ0) is 14.0. The number of benzene rings is 1. The van der Waals surface area contributed by atoms with Crippen LogP contribution in [-0.2, 0) is 10.0 Å². The lowest BCUT2D eigenvalue weighted by atomic mass is 10.3. The summed E-state index contributed by atoms with van der Waals surface area (Å²) < 4.78 is 22.5. The second-order valence-electron chi connectivity index (χ2n) is 3.95. The zero-order valence-corrected chi connectivity index (χ0v) is 12.2. The van der Waals surface area contributed by atoms with Gasteiger partial charge in [-0.2, -0.15) is 4.98 Å². The smallest absolute Gasteiger partial charge is 0.238 e. The maximum absolute atomic E-state index is 11.3. The third-order valence-corrected chi connectivity index (χ3v) is 3.22. The molecule has 0 fully saturated rings. The number of rotatable bonds is 3. The van der Waals surface area contributed by atoms with Crippen LogP contribution in [0, 0.1) is 6.92 Å². The molecular weight excluding hydrogens is 302 g/mol. The van der Waals surface area contributed by atoms with E-state index in [0.29, 0.717) is 17.2 Å². The summed E-state index contributed by atoms with van der Waals surface area (Å²) in [7, 11) is -3.73. The Hall–Kier alpha value is -1.90. The number of aryl methyl sites for hydroxylation is 1. The molecule has 0 bridgehead atoms. The molecule has 1 aromatic heterocycles. The quantitative estimate of drug-likeness (QED) is 0.781. The lowest BCUT2D eigenvalue weighted by Crippen LogP contribution is -2.12. The predicted octanol–water partition coefficient (Wildman–Crippen LogP) is 1.18. The molecule has 0 radical (unpaired) electrons. The zero-order valence-electron chi connectivity index (χ0n) is 10.6. The van der Waals surface area contributed by atoms with Crippen molar-refractivity contribution in [2.24, 2.45) is 5.14 Å². The van der Waals surface area contributed by atoms with E-state index in [1.54, 1.807) is 25.1 Å². The average Bonchev–Trinajstić information content (AvgIpc) is 2.26. The molecule has 0 saturated carbocycles. The number of anilines is 3. The molecule has 9 heteroatoms. The lowest BCUT2D eigenvalue weighted by Gasteiger charge is -2.08. The summed E-state index contributed by atoms with van der Waals surface area (Å²) in [5.41, 5.74) is 6.79. The van der Waals surface area contributed by atoms with E-state index in [1.165, 1.54) is 12.1 Å². The second-order valence-corrected chi connectivity index (χ2v) is 5.51. The molecule has 0 aliphatic carbocycles. The Kier molecular flexibility index (Phi) is 4.88. The van der Waals surface area contributed by atoms with Crippen LogP contribution in [0.5, 0.6) is 0 Å². The van der Waals surface area contributed by atoms with Gasteiger partial charge in [-0.1, -0.05) is 6.07 Å². The summed E-state index contributed by atoms with van der Waals surface area (Å²) in [6, 6.07) is 7.81. The van der Waals surface area contributed by atoms with Crippen molar-refractivity contribution >= 4 is 39.9 Å². The highest BCUT2D eigenvalue weighted by Crippen LogP contribution is 2.19. The number of hydrogen-bond donors (Lipinski definition) is 3. The first kappa shape index (κ1) is 16.2. The van der Waals surface area contributed by atoms with Gasteiger partial charge in [-0.15, -0.1) is 12.4 Å². The SMILES string of the molecule is Cc1cc(Nc2cccc(S(N)(=O)=O)c2)nc(N)n1.Cl. The van der Waals surface area contributed by atoms with Crippen molar-refractivity contribution in [3.8, 4) is 0 Å². The Morgan fingerprint density at radius 1 is 1.20 bits per heavy atom. The number of aromatic nitrogens is 2. The van der Waals surface area contributed by atoms with Crippen LogP contribution in [0.1, 0.15) is 5.69 Å². The molecule has 1 aromatic carbocycles. The summed E-state index contributed by atoms with van der Waals surface area (Å²) in [5.74, 6) is 0.627. The highest BCUT2D eigenvalue weighted by atomic mass is 35.5. The fraction of sp³-hybridized carbons (Fsp3) is 0.0909. The monoisotopic (exact) mass is 315 g/mol. The van der Waals surface area contributed by atoms with Gasteiger partial charge in [-0.3, -0.25) is 0 Å². The van der Waals surface area contributed by atoms with E-state index in [2.05, 4.69) is 15.3 Å². The van der Waals surface area contributed by atoms with E-state index in [9.17, 15) is 8.42 Å². The van der Waals surface area contributed by atoms with Crippen LogP contribution in [0.4, 0.5) is 17.5 Å². The molecule has 2 rings (SSSR count). The number of nitrogen functional groups attached to an aromatic ring is 1. The van der Waals surface area contributed by atoms with Gasteiger partial charge in [-0.25, -0.2) is 18.5 Å². The van der Waals surface area contributed by atoms with E-state index in [-0.39, 0.29) is 23.3 Å². The van der Waals surface area contributed by atoms with Gasteiger partial charge in [0.2, 0.25) is 16.0 Å². The van der Waals surface area contributed by atoms with Crippen molar-refractivity contribution in [3.05, 3.63) is 36.0 Å². The van der Waals surface area contributed by atoms with Crippen molar-refractivity contribution in [3.63, 3.8) is 0 Å². The van der Waals surface area contributed by atoms with E-state index in [4.69, 9.17) is 10.9 Å². The molecule has 0 amide bonds. The minimum atomic E-state index is -3.73. The molecule has 1 heterocycles. The summed E-state index contributed by atoms with van der Waals surface area (Å²) >= 11 is 0. The Morgan fingerprint density at radius 2 is 1.90 bits per heavy atom. The van der Waals surface area contributed by atoms with Crippen LogP contribution in [0.3, 0.4) is 0 Å². The summed E-state index contributed by atoms with van der Waals surface area (Å²) in [6.07, 6.45) is 0. The van der Waals surface area contributed by atoms with Gasteiger partial charge in [0, 0.05) is 17.4 Å². The molecule has 0 atom stereocenters. The Labute approximate surface area is 122 Å². The first-order valence-corrected chi connectivity index (χ1v) is 6.90. The average molecular weight is 316 g/mol. The summed E-state index contributed by atoms with van der Waals surface area (Å²) in [5, 5.41) is 8.01. The van der Waals surface area contributed by atoms with Crippen molar-refractivity contribution in [1.29, 1.82) is 0 Å². The van der Waals surface area contributed by atoms with Gasteiger partial charge >= 0.3 is 0 Å². The van der Waals surface area contributed by atoms with Gasteiger partial charge in [-0.05, 0) is 25.1 Å². The summed E-state index contributed by atoms with van der Waals surface area (Å²) in [6.45, 7) is 1.78. The molecule has 0 saturated heterocycles. The van der Waals surface area contributed by atoms with Crippen LogP contribution in [0.25, 0.3) is 0 Å². The standard InChI is InChI=1S/C11H13N5O2S.ClH/c1-7-5-10(16-11(12)14-7)15-8-3-2-4-9(6-8)19(13,17)18;/h2-6H,1H3,(H2,13,17,18)(H3,12,14,15,16);1H. The highest BCUT2D eigenvalue weighted by Gasteiger charge is 2.08. The second kappa shape index (κ2) is 6.04. The maximum Gasteiger partial charge on any atom is 0.238 e. The van der Waals surface area contributed by atoms with Crippen LogP contribution in [0.15, 0.2) is 35.2 Å². The Morgan fingerprint density at radius 3 is 2.50 bits per heavy atom. The van der Waals surface area contributed by atoms with Crippen molar-refractivity contribution in [2.75, 3.05) is 11.1 Å². The fourth-order valence-electron chi connectivity index (χ4n) is 1.55. The van der Waals surface area contributed by atoms with Crippen molar-refractivity contribution in [1.82, 2.24) is 9.97 Å². The van der Waals surface area contributed by atoms with Gasteiger partial charge < -0.3 is 11.1 Å². The number of halogens is 1. The number of sulfonamides is 1. The van der Waals surface area contributed by atoms with Crippen molar-refractivity contribution in [2.45, 2.75) is 11.8 Å². The topological polar surface area (TPSA) is 124 Å². The number of primary sulfonamides is 1. The third-order valence-electron chi connectivity index (χ3n) is 2.31.